The number of nitrogens with two attached hydrogens (primary N) is 1. The van der Waals surface area contributed by atoms with Gasteiger partial charge in [0.1, 0.15) is 23.8 Å². The van der Waals surface area contributed by atoms with Crippen LogP contribution in [0.4, 0.5) is 0 Å². The Hall–Kier alpha value is -4.36. The second kappa shape index (κ2) is 11.7. The molecule has 4 rings (SSSR count). The fourth-order valence-electron chi connectivity index (χ4n) is 3.34. The zero-order chi connectivity index (χ0) is 24.5. The lowest BCUT2D eigenvalue weighted by Gasteiger charge is -2.12. The third-order valence-corrected chi connectivity index (χ3v) is 5.23. The molecule has 0 saturated carbocycles. The zero-order valence-corrected chi connectivity index (χ0v) is 19.4. The molecule has 0 aliphatic heterocycles. The molecule has 0 unspecified atom stereocenters. The molecule has 3 N–H and O–H groups in total. The quantitative estimate of drug-likeness (QED) is 0.294. The number of nitrogens with zero attached hydrogens (tertiary/aromatic N) is 1. The van der Waals surface area contributed by atoms with Crippen molar-refractivity contribution in [1.82, 2.24) is 10.5 Å². The molecule has 3 aromatic carbocycles. The maximum atomic E-state index is 11.2. The van der Waals surface area contributed by atoms with Gasteiger partial charge in [-0.2, -0.15) is 0 Å². The Labute approximate surface area is 204 Å². The molecule has 0 saturated heterocycles. The Kier molecular flexibility index (Phi) is 7.93. The van der Waals surface area contributed by atoms with Gasteiger partial charge in [-0.05, 0) is 48.4 Å². The van der Waals surface area contributed by atoms with Crippen molar-refractivity contribution in [3.63, 3.8) is 0 Å². The van der Waals surface area contributed by atoms with Crippen LogP contribution in [0.3, 0.4) is 0 Å². The highest BCUT2D eigenvalue weighted by atomic mass is 16.6. The Balaban J connectivity index is 1.30. The van der Waals surface area contributed by atoms with Gasteiger partial charge in [0.25, 0.3) is 0 Å². The van der Waals surface area contributed by atoms with Gasteiger partial charge in [-0.3, -0.25) is 15.1 Å². The fraction of sp³-hybridized carbons (Fsp3) is 0.143. The number of hydrogen-bond donors (Lipinski definition) is 2. The number of amides is 1. The number of hydrogen-bond acceptors (Lipinski definition) is 6. The molecule has 0 radical (unpaired) electrons. The molecule has 35 heavy (non-hydrogen) atoms. The Bertz CT molecular complexity index is 1270. The highest BCUT2D eigenvalue weighted by molar-refractivity contribution is 5.78. The normalized spacial score (nSPS) is 11.3. The van der Waals surface area contributed by atoms with Crippen molar-refractivity contribution in [3.05, 3.63) is 114 Å². The third-order valence-electron chi connectivity index (χ3n) is 5.23. The van der Waals surface area contributed by atoms with Gasteiger partial charge < -0.3 is 14.9 Å². The van der Waals surface area contributed by atoms with E-state index >= 15 is 0 Å². The van der Waals surface area contributed by atoms with Crippen molar-refractivity contribution in [2.24, 2.45) is 5.73 Å². The third kappa shape index (κ3) is 6.82. The standard InChI is InChI=1S/C28H27N3O4/c1-20-26(30-28(35-20)23-10-6-3-7-11-23)19-33-24-14-12-21(13-15-24)18-34-31-25(16-17-27(29)32)22-8-4-2-5-9-22/h2-16,31H,17-19H2,1H3,(H2,29,32). The zero-order valence-electron chi connectivity index (χ0n) is 19.4. The first kappa shape index (κ1) is 23.8. The predicted molar refractivity (Wildman–Crippen MR) is 134 cm³/mol. The Morgan fingerprint density at radius 3 is 2.34 bits per heavy atom. The van der Waals surface area contributed by atoms with E-state index in [2.05, 4.69) is 10.5 Å². The van der Waals surface area contributed by atoms with Gasteiger partial charge in [0, 0.05) is 12.0 Å². The number of carbonyl (C=O) groups is 1. The summed E-state index contributed by atoms with van der Waals surface area (Å²) in [5.41, 5.74) is 12.4. The predicted octanol–water partition coefficient (Wildman–Crippen LogP) is 5.17. The molecule has 0 aliphatic rings. The van der Waals surface area contributed by atoms with Gasteiger partial charge >= 0.3 is 0 Å². The van der Waals surface area contributed by atoms with Crippen LogP contribution in [0.2, 0.25) is 0 Å². The monoisotopic (exact) mass is 469 g/mol. The molecule has 0 atom stereocenters. The first-order valence-electron chi connectivity index (χ1n) is 11.2. The summed E-state index contributed by atoms with van der Waals surface area (Å²) in [6.07, 6.45) is 1.83. The SMILES string of the molecule is Cc1oc(-c2ccccc2)nc1COc1ccc(CONC(=CCC(N)=O)c2ccccc2)cc1. The first-order valence-corrected chi connectivity index (χ1v) is 11.2. The van der Waals surface area contributed by atoms with Crippen LogP contribution in [0.1, 0.15) is 29.0 Å². The molecule has 1 heterocycles. The molecule has 4 aromatic rings. The van der Waals surface area contributed by atoms with Crippen LogP contribution in [0, 0.1) is 6.92 Å². The smallest absolute Gasteiger partial charge is 0.226 e. The maximum Gasteiger partial charge on any atom is 0.226 e. The molecular weight excluding hydrogens is 442 g/mol. The van der Waals surface area contributed by atoms with Crippen LogP contribution >= 0.6 is 0 Å². The van der Waals surface area contributed by atoms with Crippen molar-refractivity contribution in [3.8, 4) is 17.2 Å². The number of aromatic nitrogens is 1. The summed E-state index contributed by atoms with van der Waals surface area (Å²) < 4.78 is 11.7. The number of oxazole rings is 1. The maximum absolute atomic E-state index is 11.2. The molecular formula is C28H27N3O4. The Morgan fingerprint density at radius 1 is 0.971 bits per heavy atom. The van der Waals surface area contributed by atoms with Gasteiger partial charge in [-0.1, -0.05) is 60.7 Å². The highest BCUT2D eigenvalue weighted by Gasteiger charge is 2.12. The van der Waals surface area contributed by atoms with Crippen molar-refractivity contribution < 1.29 is 18.8 Å². The number of carbonyl (C=O) groups excluding carboxylic acids is 1. The van der Waals surface area contributed by atoms with Gasteiger partial charge in [0.05, 0.1) is 12.3 Å². The topological polar surface area (TPSA) is 99.6 Å². The van der Waals surface area contributed by atoms with Crippen molar-refractivity contribution >= 4 is 11.6 Å². The van der Waals surface area contributed by atoms with Crippen LogP contribution in [0.25, 0.3) is 17.2 Å². The minimum atomic E-state index is -0.409. The van der Waals surface area contributed by atoms with E-state index in [-0.39, 0.29) is 6.42 Å². The number of rotatable bonds is 11. The summed E-state index contributed by atoms with van der Waals surface area (Å²) in [7, 11) is 0. The van der Waals surface area contributed by atoms with E-state index < -0.39 is 5.91 Å². The minimum Gasteiger partial charge on any atom is -0.487 e. The van der Waals surface area contributed by atoms with Crippen LogP contribution in [-0.2, 0) is 22.8 Å². The van der Waals surface area contributed by atoms with Crippen LogP contribution in [0.15, 0.2) is 95.4 Å². The lowest BCUT2D eigenvalue weighted by Crippen LogP contribution is -2.15. The first-order chi connectivity index (χ1) is 17.1. The minimum absolute atomic E-state index is 0.116. The van der Waals surface area contributed by atoms with E-state index in [0.29, 0.717) is 24.8 Å². The average molecular weight is 470 g/mol. The number of aryl methyl sites for hydroxylation is 1. The van der Waals surface area contributed by atoms with Gasteiger partial charge in [-0.25, -0.2) is 4.98 Å². The molecule has 7 heteroatoms. The van der Waals surface area contributed by atoms with E-state index in [4.69, 9.17) is 19.7 Å². The highest BCUT2D eigenvalue weighted by Crippen LogP contribution is 2.23. The van der Waals surface area contributed by atoms with E-state index in [1.165, 1.54) is 0 Å². The number of nitrogens with one attached hydrogen (secondary N) is 1. The molecule has 0 aliphatic carbocycles. The lowest BCUT2D eigenvalue weighted by molar-refractivity contribution is -0.117. The summed E-state index contributed by atoms with van der Waals surface area (Å²) >= 11 is 0. The average Bonchev–Trinajstić information content (AvgIpc) is 3.27. The van der Waals surface area contributed by atoms with Crippen molar-refractivity contribution in [2.75, 3.05) is 0 Å². The molecule has 0 bridgehead atoms. The van der Waals surface area contributed by atoms with Gasteiger partial charge in [-0.15, -0.1) is 0 Å². The summed E-state index contributed by atoms with van der Waals surface area (Å²) in [5, 5.41) is 0. The number of primary amides is 1. The molecule has 0 fully saturated rings. The van der Waals surface area contributed by atoms with E-state index in [0.717, 1.165) is 33.9 Å². The van der Waals surface area contributed by atoms with Crippen LogP contribution in [-0.4, -0.2) is 10.9 Å². The number of hydroxylamine groups is 1. The van der Waals surface area contributed by atoms with Crippen molar-refractivity contribution in [2.45, 2.75) is 26.6 Å². The Morgan fingerprint density at radius 2 is 1.66 bits per heavy atom. The molecule has 1 amide bonds. The fourth-order valence-corrected chi connectivity index (χ4v) is 3.34. The molecule has 178 valence electrons. The second-order valence-corrected chi connectivity index (χ2v) is 7.87. The van der Waals surface area contributed by atoms with Gasteiger partial charge in [0.2, 0.25) is 11.8 Å². The number of benzene rings is 3. The van der Waals surface area contributed by atoms with E-state index in [1.807, 2.05) is 91.9 Å². The second-order valence-electron chi connectivity index (χ2n) is 7.87. The molecule has 7 nitrogen and oxygen atoms in total. The number of ether oxygens (including phenoxy) is 1. The van der Waals surface area contributed by atoms with Crippen LogP contribution < -0.4 is 16.0 Å². The summed E-state index contributed by atoms with van der Waals surface area (Å²) in [4.78, 5) is 21.4. The summed E-state index contributed by atoms with van der Waals surface area (Å²) in [5.74, 6) is 1.63. The summed E-state index contributed by atoms with van der Waals surface area (Å²) in [6.45, 7) is 2.52. The lowest BCUT2D eigenvalue weighted by atomic mass is 10.1. The molecule has 1 aromatic heterocycles. The largest absolute Gasteiger partial charge is 0.487 e. The van der Waals surface area contributed by atoms with E-state index in [1.54, 1.807) is 6.08 Å². The van der Waals surface area contributed by atoms with Gasteiger partial charge in [0.15, 0.2) is 0 Å². The summed E-state index contributed by atoms with van der Waals surface area (Å²) in [6, 6.07) is 27.0. The van der Waals surface area contributed by atoms with Crippen molar-refractivity contribution in [1.29, 1.82) is 0 Å². The van der Waals surface area contributed by atoms with Crippen LogP contribution in [0.5, 0.6) is 5.75 Å². The van der Waals surface area contributed by atoms with E-state index in [9.17, 15) is 4.79 Å². The molecule has 0 spiro atoms.